The number of nitrogens with one attached hydrogen (secondary N) is 1. The molecule has 0 spiro atoms. The third-order valence-corrected chi connectivity index (χ3v) is 3.86. The summed E-state index contributed by atoms with van der Waals surface area (Å²) < 4.78 is 7.07. The van der Waals surface area contributed by atoms with Gasteiger partial charge in [0, 0.05) is 5.54 Å². The Hall–Kier alpha value is -2.15. The maximum absolute atomic E-state index is 12.4. The highest BCUT2D eigenvalue weighted by Crippen LogP contribution is 2.27. The minimum Gasteiger partial charge on any atom is -0.484 e. The highest BCUT2D eigenvalue weighted by molar-refractivity contribution is 6.32. The van der Waals surface area contributed by atoms with Crippen molar-refractivity contribution in [2.75, 3.05) is 0 Å². The van der Waals surface area contributed by atoms with Gasteiger partial charge < -0.3 is 10.1 Å². The lowest BCUT2D eigenvalue weighted by Crippen LogP contribution is -2.47. The number of nitrogens with zero attached hydrogens (tertiary/aromatic N) is 4. The largest absolute Gasteiger partial charge is 0.484 e. The molecule has 2 rings (SSSR count). The highest BCUT2D eigenvalue weighted by atomic mass is 35.5. The molecule has 0 aliphatic rings. The zero-order chi connectivity index (χ0) is 19.4. The lowest BCUT2D eigenvalue weighted by Gasteiger charge is -2.33. The summed E-state index contributed by atoms with van der Waals surface area (Å²) in [6.07, 6.45) is 0.851. The van der Waals surface area contributed by atoms with Crippen LogP contribution in [0.5, 0.6) is 5.75 Å². The van der Waals surface area contributed by atoms with Crippen LogP contribution in [0.4, 0.5) is 0 Å². The van der Waals surface area contributed by atoms with Gasteiger partial charge in [0.2, 0.25) is 5.91 Å². The van der Waals surface area contributed by atoms with E-state index in [4.69, 9.17) is 16.3 Å². The summed E-state index contributed by atoms with van der Waals surface area (Å²) in [4.78, 5) is 12.4. The third kappa shape index (κ3) is 6.29. The van der Waals surface area contributed by atoms with Crippen LogP contribution in [0.25, 0.3) is 0 Å². The molecular weight excluding hydrogens is 354 g/mol. The van der Waals surface area contributed by atoms with Crippen LogP contribution in [0, 0.1) is 5.41 Å². The quantitative estimate of drug-likeness (QED) is 0.798. The summed E-state index contributed by atoms with van der Waals surface area (Å²) >= 11 is 6.07. The summed E-state index contributed by atoms with van der Waals surface area (Å²) in [5.74, 6) is 0.846. The number of halogens is 1. The smallest absolute Gasteiger partial charge is 0.242 e. The number of carbonyl (C=O) groups is 1. The average Bonchev–Trinajstić information content (AvgIpc) is 2.90. The number of tetrazole rings is 1. The van der Waals surface area contributed by atoms with E-state index in [1.165, 1.54) is 4.68 Å². The predicted molar refractivity (Wildman–Crippen MR) is 99.9 cm³/mol. The fourth-order valence-corrected chi connectivity index (χ4v) is 3.27. The first kappa shape index (κ1) is 20.2. The molecule has 0 bridgehead atoms. The highest BCUT2D eigenvalue weighted by Gasteiger charge is 2.27. The van der Waals surface area contributed by atoms with E-state index in [0.717, 1.165) is 6.42 Å². The van der Waals surface area contributed by atoms with Crippen LogP contribution in [-0.4, -0.2) is 31.7 Å². The number of carbonyl (C=O) groups excluding carboxylic acids is 1. The van der Waals surface area contributed by atoms with Crippen molar-refractivity contribution in [1.29, 1.82) is 0 Å². The van der Waals surface area contributed by atoms with Crippen LogP contribution in [0.3, 0.4) is 0 Å². The zero-order valence-corrected chi connectivity index (χ0v) is 16.7. The molecule has 0 unspecified atom stereocenters. The van der Waals surface area contributed by atoms with Crippen molar-refractivity contribution in [2.45, 2.75) is 59.7 Å². The summed E-state index contributed by atoms with van der Waals surface area (Å²) in [6.45, 7) is 10.6. The van der Waals surface area contributed by atoms with Gasteiger partial charge in [0.1, 0.15) is 18.9 Å². The van der Waals surface area contributed by atoms with Gasteiger partial charge in [0.15, 0.2) is 5.82 Å². The van der Waals surface area contributed by atoms with Crippen molar-refractivity contribution in [3.63, 3.8) is 0 Å². The Morgan fingerprint density at radius 3 is 2.58 bits per heavy atom. The second-order valence-corrected chi connectivity index (χ2v) is 8.55. The minimum atomic E-state index is -0.322. The Balaban J connectivity index is 1.95. The van der Waals surface area contributed by atoms with Gasteiger partial charge in [-0.1, -0.05) is 44.5 Å². The van der Waals surface area contributed by atoms with E-state index < -0.39 is 0 Å². The molecule has 0 saturated carbocycles. The van der Waals surface area contributed by atoms with E-state index in [-0.39, 0.29) is 30.0 Å². The van der Waals surface area contributed by atoms with E-state index in [1.54, 1.807) is 12.1 Å². The van der Waals surface area contributed by atoms with Gasteiger partial charge in [-0.05, 0) is 48.2 Å². The molecule has 8 heteroatoms. The Morgan fingerprint density at radius 2 is 1.92 bits per heavy atom. The number of aromatic nitrogens is 4. The topological polar surface area (TPSA) is 81.9 Å². The molecule has 1 N–H and O–H groups in total. The molecule has 0 aliphatic heterocycles. The minimum absolute atomic E-state index is 0.0296. The van der Waals surface area contributed by atoms with Crippen LogP contribution in [0.2, 0.25) is 5.02 Å². The second-order valence-electron chi connectivity index (χ2n) is 8.14. The molecule has 2 aromatic rings. The summed E-state index contributed by atoms with van der Waals surface area (Å²) in [6, 6.07) is 7.15. The molecule has 0 atom stereocenters. The van der Waals surface area contributed by atoms with Crippen molar-refractivity contribution in [1.82, 2.24) is 25.5 Å². The van der Waals surface area contributed by atoms with E-state index >= 15 is 0 Å². The molecule has 0 radical (unpaired) electrons. The molecule has 7 nitrogen and oxygen atoms in total. The summed E-state index contributed by atoms with van der Waals surface area (Å²) in [7, 11) is 0. The van der Waals surface area contributed by atoms with Gasteiger partial charge in [0.25, 0.3) is 0 Å². The molecule has 0 aliphatic carbocycles. The zero-order valence-electron chi connectivity index (χ0n) is 15.9. The van der Waals surface area contributed by atoms with Gasteiger partial charge in [0.05, 0.1) is 5.02 Å². The molecule has 0 fully saturated rings. The standard InChI is InChI=1S/C18H26ClN5O2/c1-17(2,3)12-18(4,5)20-16(25)10-24-15(21-22-23-24)11-26-14-9-7-6-8-13(14)19/h6-9H,10-12H2,1-5H3,(H,20,25). The maximum atomic E-state index is 12.4. The lowest BCUT2D eigenvalue weighted by atomic mass is 9.82. The fraction of sp³-hybridized carbons (Fsp3) is 0.556. The fourth-order valence-electron chi connectivity index (χ4n) is 3.08. The number of hydrogen-bond acceptors (Lipinski definition) is 5. The van der Waals surface area contributed by atoms with Crippen molar-refractivity contribution in [3.05, 3.63) is 35.1 Å². The van der Waals surface area contributed by atoms with Gasteiger partial charge in [-0.2, -0.15) is 0 Å². The lowest BCUT2D eigenvalue weighted by molar-refractivity contribution is -0.123. The van der Waals surface area contributed by atoms with Crippen molar-refractivity contribution >= 4 is 17.5 Å². The van der Waals surface area contributed by atoms with E-state index in [2.05, 4.69) is 41.6 Å². The van der Waals surface area contributed by atoms with Gasteiger partial charge in [-0.25, -0.2) is 4.68 Å². The SMILES string of the molecule is CC(C)(C)CC(C)(C)NC(=O)Cn1nnnc1COc1ccccc1Cl. The normalized spacial score (nSPS) is 12.1. The second kappa shape index (κ2) is 8.03. The van der Waals surface area contributed by atoms with Gasteiger partial charge in [-0.3, -0.25) is 4.79 Å². The molecule has 1 heterocycles. The van der Waals surface area contributed by atoms with Crippen LogP contribution in [0.1, 0.15) is 46.9 Å². The van der Waals surface area contributed by atoms with E-state index in [0.29, 0.717) is 16.6 Å². The number of ether oxygens (including phenoxy) is 1. The molecule has 1 aromatic heterocycles. The van der Waals surface area contributed by atoms with Crippen LogP contribution >= 0.6 is 11.6 Å². The molecule has 142 valence electrons. The average molecular weight is 380 g/mol. The number of benzene rings is 1. The van der Waals surface area contributed by atoms with Gasteiger partial charge in [-0.15, -0.1) is 5.10 Å². The Labute approximate surface area is 159 Å². The molecule has 1 aromatic carbocycles. The maximum Gasteiger partial charge on any atom is 0.242 e. The number of amides is 1. The molecule has 0 saturated heterocycles. The van der Waals surface area contributed by atoms with Crippen LogP contribution in [-0.2, 0) is 17.9 Å². The van der Waals surface area contributed by atoms with Crippen molar-refractivity contribution < 1.29 is 9.53 Å². The monoisotopic (exact) mass is 379 g/mol. The number of hydrogen-bond donors (Lipinski definition) is 1. The third-order valence-electron chi connectivity index (χ3n) is 3.54. The number of rotatable bonds is 7. The summed E-state index contributed by atoms with van der Waals surface area (Å²) in [5.41, 5.74) is -0.211. The Bertz CT molecular complexity index is 752. The Morgan fingerprint density at radius 1 is 1.23 bits per heavy atom. The van der Waals surface area contributed by atoms with E-state index in [1.807, 2.05) is 26.0 Å². The summed E-state index contributed by atoms with van der Waals surface area (Å²) in [5, 5.41) is 15.0. The first-order chi connectivity index (χ1) is 12.1. The van der Waals surface area contributed by atoms with Crippen molar-refractivity contribution in [3.8, 4) is 5.75 Å². The van der Waals surface area contributed by atoms with E-state index in [9.17, 15) is 4.79 Å². The first-order valence-electron chi connectivity index (χ1n) is 8.49. The number of para-hydroxylation sites is 1. The van der Waals surface area contributed by atoms with Crippen LogP contribution in [0.15, 0.2) is 24.3 Å². The molecule has 1 amide bonds. The molecular formula is C18H26ClN5O2. The van der Waals surface area contributed by atoms with Crippen LogP contribution < -0.4 is 10.1 Å². The van der Waals surface area contributed by atoms with Gasteiger partial charge >= 0.3 is 0 Å². The van der Waals surface area contributed by atoms with Crippen molar-refractivity contribution in [2.24, 2.45) is 5.41 Å². The first-order valence-corrected chi connectivity index (χ1v) is 8.87. The molecule has 26 heavy (non-hydrogen) atoms. The Kier molecular flexibility index (Phi) is 6.23. The predicted octanol–water partition coefficient (Wildman–Crippen LogP) is 3.24.